The monoisotopic (exact) mass is 194 g/mol. The molecule has 0 radical (unpaired) electrons. The van der Waals surface area contributed by atoms with E-state index in [9.17, 15) is 5.11 Å². The van der Waals surface area contributed by atoms with Crippen LogP contribution in [-0.2, 0) is 12.0 Å². The van der Waals surface area contributed by atoms with E-state index in [1.54, 1.807) is 6.26 Å². The van der Waals surface area contributed by atoms with Crippen molar-refractivity contribution in [1.29, 1.82) is 0 Å². The maximum Gasteiger partial charge on any atom is 0.109 e. The van der Waals surface area contributed by atoms with Crippen LogP contribution in [0.3, 0.4) is 0 Å². The van der Waals surface area contributed by atoms with E-state index in [0.29, 0.717) is 5.92 Å². The van der Waals surface area contributed by atoms with Crippen molar-refractivity contribution in [3.05, 3.63) is 23.7 Å². The summed E-state index contributed by atoms with van der Waals surface area (Å²) in [6.45, 7) is 4.29. The first kappa shape index (κ1) is 9.78. The molecule has 0 fully saturated rings. The molecule has 0 saturated heterocycles. The molecular weight excluding hydrogens is 176 g/mol. The Morgan fingerprint density at radius 3 is 3.07 bits per heavy atom. The molecule has 1 aliphatic rings. The van der Waals surface area contributed by atoms with E-state index in [0.717, 1.165) is 37.0 Å². The Morgan fingerprint density at radius 2 is 2.36 bits per heavy atom. The molecule has 0 aromatic carbocycles. The zero-order chi connectivity index (χ0) is 10.2. The van der Waals surface area contributed by atoms with E-state index in [2.05, 4.69) is 13.8 Å². The molecule has 1 aromatic rings. The molecule has 0 bridgehead atoms. The number of aryl methyl sites for hydroxylation is 1. The van der Waals surface area contributed by atoms with E-state index in [1.165, 1.54) is 0 Å². The molecule has 1 heterocycles. The predicted molar refractivity (Wildman–Crippen MR) is 55.0 cm³/mol. The van der Waals surface area contributed by atoms with Crippen LogP contribution in [0.15, 0.2) is 16.7 Å². The zero-order valence-corrected chi connectivity index (χ0v) is 8.92. The van der Waals surface area contributed by atoms with Crippen LogP contribution < -0.4 is 0 Å². The fraction of sp³-hybridized carbons (Fsp3) is 0.667. The Bertz CT molecular complexity index is 314. The Balaban J connectivity index is 2.30. The third-order valence-corrected chi connectivity index (χ3v) is 2.99. The van der Waals surface area contributed by atoms with Gasteiger partial charge < -0.3 is 9.52 Å². The molecule has 14 heavy (non-hydrogen) atoms. The standard InChI is InChI=1S/C12H18O2/c1-9(2)8-12(13)6-3-4-11-10(12)5-7-14-11/h5,7,9,13H,3-4,6,8H2,1-2H3. The van der Waals surface area contributed by atoms with Crippen molar-refractivity contribution in [3.8, 4) is 0 Å². The van der Waals surface area contributed by atoms with E-state index in [4.69, 9.17) is 4.42 Å². The second kappa shape index (κ2) is 3.43. The highest BCUT2D eigenvalue weighted by Crippen LogP contribution is 2.40. The van der Waals surface area contributed by atoms with E-state index in [-0.39, 0.29) is 0 Å². The highest BCUT2D eigenvalue weighted by atomic mass is 16.3. The van der Waals surface area contributed by atoms with E-state index >= 15 is 0 Å². The van der Waals surface area contributed by atoms with Gasteiger partial charge in [0.1, 0.15) is 5.76 Å². The van der Waals surface area contributed by atoms with Crippen LogP contribution in [0.2, 0.25) is 0 Å². The average molecular weight is 194 g/mol. The molecule has 2 nitrogen and oxygen atoms in total. The SMILES string of the molecule is CC(C)CC1(O)CCCc2occc21. The largest absolute Gasteiger partial charge is 0.469 e. The van der Waals surface area contributed by atoms with Crippen molar-refractivity contribution in [1.82, 2.24) is 0 Å². The fourth-order valence-electron chi connectivity index (χ4n) is 2.51. The van der Waals surface area contributed by atoms with E-state index < -0.39 is 5.60 Å². The molecule has 0 spiro atoms. The quantitative estimate of drug-likeness (QED) is 0.785. The molecule has 1 atom stereocenters. The Hall–Kier alpha value is -0.760. The van der Waals surface area contributed by atoms with Crippen LogP contribution in [0.1, 0.15) is 44.4 Å². The summed E-state index contributed by atoms with van der Waals surface area (Å²) >= 11 is 0. The Morgan fingerprint density at radius 1 is 1.57 bits per heavy atom. The van der Waals surface area contributed by atoms with Crippen molar-refractivity contribution in [2.24, 2.45) is 5.92 Å². The summed E-state index contributed by atoms with van der Waals surface area (Å²) in [6, 6.07) is 1.93. The van der Waals surface area contributed by atoms with Crippen LogP contribution in [0.5, 0.6) is 0 Å². The molecule has 0 amide bonds. The molecule has 1 aliphatic carbocycles. The number of aliphatic hydroxyl groups is 1. The zero-order valence-electron chi connectivity index (χ0n) is 8.92. The highest BCUT2D eigenvalue weighted by Gasteiger charge is 2.36. The summed E-state index contributed by atoms with van der Waals surface area (Å²) in [5, 5.41) is 10.5. The minimum Gasteiger partial charge on any atom is -0.469 e. The maximum atomic E-state index is 10.5. The third-order valence-electron chi connectivity index (χ3n) is 2.99. The topological polar surface area (TPSA) is 33.4 Å². The van der Waals surface area contributed by atoms with Gasteiger partial charge in [-0.3, -0.25) is 0 Å². The van der Waals surface area contributed by atoms with Gasteiger partial charge in [-0.2, -0.15) is 0 Å². The lowest BCUT2D eigenvalue weighted by atomic mass is 9.78. The number of hydrogen-bond donors (Lipinski definition) is 1. The van der Waals surface area contributed by atoms with Crippen molar-refractivity contribution in [2.45, 2.75) is 45.1 Å². The molecule has 1 unspecified atom stereocenters. The minimum absolute atomic E-state index is 0.515. The maximum absolute atomic E-state index is 10.5. The van der Waals surface area contributed by atoms with Gasteiger partial charge in [0.2, 0.25) is 0 Å². The van der Waals surface area contributed by atoms with Crippen LogP contribution in [0, 0.1) is 5.92 Å². The fourth-order valence-corrected chi connectivity index (χ4v) is 2.51. The summed E-state index contributed by atoms with van der Waals surface area (Å²) in [5.41, 5.74) is 0.395. The average Bonchev–Trinajstić information content (AvgIpc) is 2.51. The molecular formula is C12H18O2. The number of fused-ring (bicyclic) bond motifs is 1. The van der Waals surface area contributed by atoms with Gasteiger partial charge in [0, 0.05) is 12.0 Å². The van der Waals surface area contributed by atoms with E-state index in [1.807, 2.05) is 6.07 Å². The lowest BCUT2D eigenvalue weighted by Crippen LogP contribution is -2.31. The summed E-state index contributed by atoms with van der Waals surface area (Å²) in [4.78, 5) is 0. The first-order valence-electron chi connectivity index (χ1n) is 5.41. The summed E-state index contributed by atoms with van der Waals surface area (Å²) in [5.74, 6) is 1.50. The lowest BCUT2D eigenvalue weighted by molar-refractivity contribution is -0.00321. The Labute approximate surface area is 84.9 Å². The molecule has 0 saturated carbocycles. The molecule has 2 rings (SSSR count). The number of hydrogen-bond acceptors (Lipinski definition) is 2. The Kier molecular flexibility index (Phi) is 2.40. The van der Waals surface area contributed by atoms with Gasteiger partial charge in [-0.05, 0) is 31.2 Å². The molecule has 1 N–H and O–H groups in total. The van der Waals surface area contributed by atoms with Gasteiger partial charge in [0.25, 0.3) is 0 Å². The highest BCUT2D eigenvalue weighted by molar-refractivity contribution is 5.27. The van der Waals surface area contributed by atoms with Crippen molar-refractivity contribution in [3.63, 3.8) is 0 Å². The van der Waals surface area contributed by atoms with Crippen molar-refractivity contribution >= 4 is 0 Å². The normalized spacial score (nSPS) is 26.6. The third kappa shape index (κ3) is 1.59. The van der Waals surface area contributed by atoms with Gasteiger partial charge in [0.05, 0.1) is 11.9 Å². The van der Waals surface area contributed by atoms with Crippen molar-refractivity contribution < 1.29 is 9.52 Å². The van der Waals surface area contributed by atoms with Gasteiger partial charge >= 0.3 is 0 Å². The van der Waals surface area contributed by atoms with Gasteiger partial charge in [-0.1, -0.05) is 13.8 Å². The molecule has 78 valence electrons. The summed E-state index contributed by atoms with van der Waals surface area (Å²) in [7, 11) is 0. The molecule has 0 aliphatic heterocycles. The second-order valence-electron chi connectivity index (χ2n) is 4.74. The van der Waals surface area contributed by atoms with Crippen LogP contribution in [0.4, 0.5) is 0 Å². The summed E-state index contributed by atoms with van der Waals surface area (Å²) in [6.07, 6.45) is 5.41. The van der Waals surface area contributed by atoms with Crippen LogP contribution in [0.25, 0.3) is 0 Å². The lowest BCUT2D eigenvalue weighted by Gasteiger charge is -2.33. The number of rotatable bonds is 2. The smallest absolute Gasteiger partial charge is 0.109 e. The summed E-state index contributed by atoms with van der Waals surface area (Å²) < 4.78 is 5.37. The minimum atomic E-state index is -0.630. The first-order chi connectivity index (χ1) is 6.62. The van der Waals surface area contributed by atoms with Gasteiger partial charge in [0.15, 0.2) is 0 Å². The van der Waals surface area contributed by atoms with Gasteiger partial charge in [-0.15, -0.1) is 0 Å². The second-order valence-corrected chi connectivity index (χ2v) is 4.74. The predicted octanol–water partition coefficient (Wildman–Crippen LogP) is 2.85. The molecule has 1 aromatic heterocycles. The van der Waals surface area contributed by atoms with Gasteiger partial charge in [-0.25, -0.2) is 0 Å². The number of furan rings is 1. The van der Waals surface area contributed by atoms with Crippen molar-refractivity contribution in [2.75, 3.05) is 0 Å². The first-order valence-corrected chi connectivity index (χ1v) is 5.41. The molecule has 2 heteroatoms. The van der Waals surface area contributed by atoms with Crippen LogP contribution in [-0.4, -0.2) is 5.11 Å². The van der Waals surface area contributed by atoms with Crippen LogP contribution >= 0.6 is 0 Å².